The Balaban J connectivity index is 1.82. The molecule has 0 aliphatic rings. The van der Waals surface area contributed by atoms with E-state index in [1.807, 2.05) is 17.5 Å². The predicted octanol–water partition coefficient (Wildman–Crippen LogP) is 2.64. The van der Waals surface area contributed by atoms with E-state index in [2.05, 4.69) is 19.7 Å². The Bertz CT molecular complexity index is 837. The van der Waals surface area contributed by atoms with Gasteiger partial charge in [-0.25, -0.2) is 9.97 Å². The zero-order valence-electron chi connectivity index (χ0n) is 11.1. The van der Waals surface area contributed by atoms with Gasteiger partial charge in [-0.2, -0.15) is 8.42 Å². The number of benzene rings is 1. The standard InChI is InChI=1S/C13H12N4O2S2/c1-9-15-8-12(16-9)21(18,19)17-11-4-2-10(3-5-11)13-14-6-7-20-13/h2-8,17H,1H3,(H,15,16). The fraction of sp³-hybridized carbons (Fsp3) is 0.0769. The third-order valence-corrected chi connectivity index (χ3v) is 4.90. The van der Waals surface area contributed by atoms with E-state index in [0.29, 0.717) is 11.5 Å². The summed E-state index contributed by atoms with van der Waals surface area (Å²) in [6.45, 7) is 1.70. The van der Waals surface area contributed by atoms with Gasteiger partial charge in [-0.3, -0.25) is 4.72 Å². The molecule has 0 atom stereocenters. The molecule has 0 bridgehead atoms. The number of imidazole rings is 1. The van der Waals surface area contributed by atoms with Crippen LogP contribution in [0.5, 0.6) is 0 Å². The molecule has 8 heteroatoms. The molecule has 3 aromatic rings. The highest BCUT2D eigenvalue weighted by Gasteiger charge is 2.16. The first-order valence-corrected chi connectivity index (χ1v) is 8.45. The molecule has 0 radical (unpaired) electrons. The second-order valence-corrected chi connectivity index (χ2v) is 6.90. The molecule has 0 unspecified atom stereocenters. The summed E-state index contributed by atoms with van der Waals surface area (Å²) in [7, 11) is -3.64. The Morgan fingerprint density at radius 3 is 2.52 bits per heavy atom. The van der Waals surface area contributed by atoms with Crippen LogP contribution in [0.2, 0.25) is 0 Å². The third kappa shape index (κ3) is 2.96. The van der Waals surface area contributed by atoms with Crippen LogP contribution in [0, 0.1) is 6.92 Å². The largest absolute Gasteiger partial charge is 0.332 e. The average Bonchev–Trinajstić information content (AvgIpc) is 3.10. The van der Waals surface area contributed by atoms with Crippen molar-refractivity contribution in [2.45, 2.75) is 11.9 Å². The van der Waals surface area contributed by atoms with Crippen LogP contribution < -0.4 is 4.72 Å². The van der Waals surface area contributed by atoms with Crippen molar-refractivity contribution in [1.29, 1.82) is 0 Å². The first-order valence-electron chi connectivity index (χ1n) is 6.09. The summed E-state index contributed by atoms with van der Waals surface area (Å²) in [6.07, 6.45) is 3.03. The highest BCUT2D eigenvalue weighted by molar-refractivity contribution is 7.92. The van der Waals surface area contributed by atoms with Gasteiger partial charge in [0.05, 0.1) is 6.20 Å². The van der Waals surface area contributed by atoms with Crippen LogP contribution in [0.15, 0.2) is 47.1 Å². The van der Waals surface area contributed by atoms with E-state index in [9.17, 15) is 8.42 Å². The van der Waals surface area contributed by atoms with Crippen LogP contribution in [0.3, 0.4) is 0 Å². The summed E-state index contributed by atoms with van der Waals surface area (Å²) in [5.41, 5.74) is 1.44. The first-order chi connectivity index (χ1) is 10.0. The number of hydrogen-bond donors (Lipinski definition) is 2. The van der Waals surface area contributed by atoms with Crippen molar-refractivity contribution in [2.24, 2.45) is 0 Å². The number of anilines is 1. The number of H-pyrrole nitrogens is 1. The molecule has 0 saturated heterocycles. The number of aromatic nitrogens is 3. The summed E-state index contributed by atoms with van der Waals surface area (Å²) in [6, 6.07) is 7.07. The van der Waals surface area contributed by atoms with E-state index in [4.69, 9.17) is 0 Å². The highest BCUT2D eigenvalue weighted by Crippen LogP contribution is 2.24. The molecule has 0 aliphatic carbocycles. The van der Waals surface area contributed by atoms with E-state index in [0.717, 1.165) is 10.6 Å². The lowest BCUT2D eigenvalue weighted by Crippen LogP contribution is -2.13. The normalized spacial score (nSPS) is 11.5. The molecule has 0 aliphatic heterocycles. The van der Waals surface area contributed by atoms with Crippen molar-refractivity contribution in [2.75, 3.05) is 4.72 Å². The Labute approximate surface area is 126 Å². The van der Waals surface area contributed by atoms with E-state index in [1.54, 1.807) is 25.3 Å². The Morgan fingerprint density at radius 1 is 1.19 bits per heavy atom. The molecule has 1 aromatic carbocycles. The topological polar surface area (TPSA) is 87.7 Å². The number of sulfonamides is 1. The number of nitrogens with zero attached hydrogens (tertiary/aromatic N) is 2. The van der Waals surface area contributed by atoms with Crippen molar-refractivity contribution in [3.05, 3.63) is 47.9 Å². The minimum absolute atomic E-state index is 0.0454. The second kappa shape index (κ2) is 5.30. The maximum absolute atomic E-state index is 12.1. The van der Waals surface area contributed by atoms with Crippen molar-refractivity contribution >= 4 is 27.0 Å². The molecular weight excluding hydrogens is 308 g/mol. The monoisotopic (exact) mass is 320 g/mol. The van der Waals surface area contributed by atoms with Crippen molar-refractivity contribution < 1.29 is 8.42 Å². The van der Waals surface area contributed by atoms with E-state index in [1.165, 1.54) is 17.5 Å². The molecule has 0 spiro atoms. The first kappa shape index (κ1) is 13.8. The van der Waals surface area contributed by atoms with Gasteiger partial charge in [0.15, 0.2) is 5.03 Å². The molecule has 0 fully saturated rings. The van der Waals surface area contributed by atoms with Gasteiger partial charge < -0.3 is 4.98 Å². The summed E-state index contributed by atoms with van der Waals surface area (Å²) in [5.74, 6) is 0.550. The SMILES string of the molecule is Cc1ncc(S(=O)(=O)Nc2ccc(-c3nccs3)cc2)[nH]1. The molecule has 0 saturated carbocycles. The van der Waals surface area contributed by atoms with E-state index in [-0.39, 0.29) is 5.03 Å². The van der Waals surface area contributed by atoms with Gasteiger partial charge >= 0.3 is 0 Å². The lowest BCUT2D eigenvalue weighted by Gasteiger charge is -2.06. The molecular formula is C13H12N4O2S2. The molecule has 2 N–H and O–H groups in total. The van der Waals surface area contributed by atoms with Crippen LogP contribution in [0.25, 0.3) is 10.6 Å². The fourth-order valence-corrected chi connectivity index (χ4v) is 3.47. The number of hydrogen-bond acceptors (Lipinski definition) is 5. The van der Waals surface area contributed by atoms with Crippen LogP contribution in [-0.2, 0) is 10.0 Å². The highest BCUT2D eigenvalue weighted by atomic mass is 32.2. The number of thiazole rings is 1. The average molecular weight is 320 g/mol. The van der Waals surface area contributed by atoms with Crippen LogP contribution in [0.1, 0.15) is 5.82 Å². The summed E-state index contributed by atoms with van der Waals surface area (Å²) >= 11 is 1.53. The van der Waals surface area contributed by atoms with Crippen molar-refractivity contribution in [3.8, 4) is 10.6 Å². The summed E-state index contributed by atoms with van der Waals surface area (Å²) in [5, 5.41) is 2.84. The Kier molecular flexibility index (Phi) is 3.48. The van der Waals surface area contributed by atoms with Gasteiger partial charge in [-0.05, 0) is 31.2 Å². The lowest BCUT2D eigenvalue weighted by molar-refractivity contribution is 0.598. The van der Waals surface area contributed by atoms with Gasteiger partial charge in [0.2, 0.25) is 0 Å². The second-order valence-electron chi connectivity index (χ2n) is 4.35. The Hall–Kier alpha value is -2.19. The molecule has 3 rings (SSSR count). The predicted molar refractivity (Wildman–Crippen MR) is 81.7 cm³/mol. The number of rotatable bonds is 4. The zero-order valence-corrected chi connectivity index (χ0v) is 12.7. The van der Waals surface area contributed by atoms with Gasteiger partial charge in [0.1, 0.15) is 10.8 Å². The maximum atomic E-state index is 12.1. The smallest absolute Gasteiger partial charge is 0.278 e. The van der Waals surface area contributed by atoms with E-state index >= 15 is 0 Å². The van der Waals surface area contributed by atoms with Crippen molar-refractivity contribution in [3.63, 3.8) is 0 Å². The summed E-state index contributed by atoms with van der Waals surface area (Å²) < 4.78 is 26.8. The molecule has 0 amide bonds. The van der Waals surface area contributed by atoms with Crippen LogP contribution >= 0.6 is 11.3 Å². The molecule has 6 nitrogen and oxygen atoms in total. The third-order valence-electron chi connectivity index (χ3n) is 2.79. The fourth-order valence-electron chi connectivity index (χ4n) is 1.79. The number of aromatic amines is 1. The van der Waals surface area contributed by atoms with Crippen LogP contribution in [0.4, 0.5) is 5.69 Å². The molecule has 21 heavy (non-hydrogen) atoms. The molecule has 2 heterocycles. The van der Waals surface area contributed by atoms with Gasteiger partial charge in [-0.1, -0.05) is 0 Å². The van der Waals surface area contributed by atoms with Gasteiger partial charge in [0.25, 0.3) is 10.0 Å². The molecule has 108 valence electrons. The van der Waals surface area contributed by atoms with Gasteiger partial charge in [0, 0.05) is 22.8 Å². The van der Waals surface area contributed by atoms with Gasteiger partial charge in [-0.15, -0.1) is 11.3 Å². The number of aryl methyl sites for hydroxylation is 1. The minimum Gasteiger partial charge on any atom is -0.332 e. The Morgan fingerprint density at radius 2 is 1.95 bits per heavy atom. The number of nitrogens with one attached hydrogen (secondary N) is 2. The molecule has 2 aromatic heterocycles. The van der Waals surface area contributed by atoms with E-state index < -0.39 is 10.0 Å². The van der Waals surface area contributed by atoms with Crippen molar-refractivity contribution in [1.82, 2.24) is 15.0 Å². The quantitative estimate of drug-likeness (QED) is 0.773. The minimum atomic E-state index is -3.64. The lowest BCUT2D eigenvalue weighted by atomic mass is 10.2. The summed E-state index contributed by atoms with van der Waals surface area (Å²) in [4.78, 5) is 10.8. The van der Waals surface area contributed by atoms with Crippen LogP contribution in [-0.4, -0.2) is 23.4 Å². The maximum Gasteiger partial charge on any atom is 0.278 e. The zero-order chi connectivity index (χ0) is 14.9.